The SMILES string of the molecule is COc1cc([C@@H]2c3sc(=O)[nH]c3S[C@@H]3C(=O)N(CC(=O)O)C(=O)[C@H]23)ccc1OCC(=O)Nc1ccccc1. The zero-order chi connectivity index (χ0) is 27.0. The van der Waals surface area contributed by atoms with Crippen LogP contribution in [0, 0.1) is 5.92 Å². The minimum absolute atomic E-state index is 0.282. The van der Waals surface area contributed by atoms with Crippen molar-refractivity contribution in [3.8, 4) is 11.5 Å². The van der Waals surface area contributed by atoms with E-state index in [1.165, 1.54) is 7.11 Å². The standard InChI is InChI=1S/C25H21N3O8S2/c1-35-15-9-12(7-8-14(15)36-11-16(29)26-13-5-3-2-4-6-13)18-19-21(37-22-20(18)38-25(34)27-22)24(33)28(23(19)32)10-17(30)31/h2-9,18-19,21H,10-11H2,1H3,(H,26,29)(H,27,34)(H,30,31)/t18-,19+,21-/m0/s1. The minimum Gasteiger partial charge on any atom is -0.493 e. The number of thiazole rings is 1. The van der Waals surface area contributed by atoms with Crippen LogP contribution in [0.4, 0.5) is 5.69 Å². The molecule has 0 unspecified atom stereocenters. The summed E-state index contributed by atoms with van der Waals surface area (Å²) < 4.78 is 11.2. The molecule has 2 aromatic carbocycles. The molecular weight excluding hydrogens is 534 g/mol. The highest BCUT2D eigenvalue weighted by atomic mass is 32.2. The van der Waals surface area contributed by atoms with Crippen LogP contribution in [-0.2, 0) is 19.2 Å². The van der Waals surface area contributed by atoms with Crippen molar-refractivity contribution < 1.29 is 33.8 Å². The third-order valence-electron chi connectivity index (χ3n) is 6.17. The molecule has 3 N–H and O–H groups in total. The van der Waals surface area contributed by atoms with E-state index in [2.05, 4.69) is 10.3 Å². The largest absolute Gasteiger partial charge is 0.493 e. The number of carboxylic acid groups (broad SMARTS) is 1. The van der Waals surface area contributed by atoms with Gasteiger partial charge in [0.15, 0.2) is 18.1 Å². The highest BCUT2D eigenvalue weighted by molar-refractivity contribution is 8.00. The molecule has 38 heavy (non-hydrogen) atoms. The summed E-state index contributed by atoms with van der Waals surface area (Å²) in [5, 5.41) is 11.5. The Hall–Kier alpha value is -4.10. The van der Waals surface area contributed by atoms with Crippen LogP contribution in [-0.4, -0.2) is 64.2 Å². The van der Waals surface area contributed by atoms with Gasteiger partial charge in [0.1, 0.15) is 11.8 Å². The molecule has 196 valence electrons. The van der Waals surface area contributed by atoms with E-state index >= 15 is 0 Å². The van der Waals surface area contributed by atoms with Gasteiger partial charge in [0, 0.05) is 16.5 Å². The van der Waals surface area contributed by atoms with Crippen molar-refractivity contribution >= 4 is 52.5 Å². The number of aromatic nitrogens is 1. The second-order valence-electron chi connectivity index (χ2n) is 8.52. The summed E-state index contributed by atoms with van der Waals surface area (Å²) in [7, 11) is 1.43. The first kappa shape index (κ1) is 25.5. The highest BCUT2D eigenvalue weighted by Gasteiger charge is 2.56. The van der Waals surface area contributed by atoms with Gasteiger partial charge in [-0.2, -0.15) is 0 Å². The summed E-state index contributed by atoms with van der Waals surface area (Å²) in [5.74, 6) is -3.91. The van der Waals surface area contributed by atoms with Gasteiger partial charge in [-0.25, -0.2) is 0 Å². The molecule has 1 saturated heterocycles. The maximum atomic E-state index is 13.3. The Kier molecular flexibility index (Phi) is 6.95. The van der Waals surface area contributed by atoms with Crippen LogP contribution >= 0.6 is 23.1 Å². The van der Waals surface area contributed by atoms with Gasteiger partial charge in [0.25, 0.3) is 5.91 Å². The van der Waals surface area contributed by atoms with Crippen molar-refractivity contribution in [3.63, 3.8) is 0 Å². The van der Waals surface area contributed by atoms with Gasteiger partial charge < -0.3 is 24.9 Å². The molecule has 13 heteroatoms. The van der Waals surface area contributed by atoms with Crippen molar-refractivity contribution in [1.82, 2.24) is 9.88 Å². The number of carboxylic acids is 1. The monoisotopic (exact) mass is 555 g/mol. The zero-order valence-corrected chi connectivity index (χ0v) is 21.5. The van der Waals surface area contributed by atoms with E-state index in [0.29, 0.717) is 21.2 Å². The number of hydrogen-bond acceptors (Lipinski definition) is 9. The van der Waals surface area contributed by atoms with Gasteiger partial charge in [0.05, 0.1) is 18.1 Å². The second kappa shape index (κ2) is 10.3. The van der Waals surface area contributed by atoms with Crippen LogP contribution in [0.5, 0.6) is 11.5 Å². The number of imide groups is 1. The summed E-state index contributed by atoms with van der Waals surface area (Å²) in [4.78, 5) is 65.8. The molecule has 1 fully saturated rings. The number of aliphatic carboxylic acids is 1. The van der Waals surface area contributed by atoms with Crippen molar-refractivity contribution in [2.45, 2.75) is 16.2 Å². The normalized spacial score (nSPS) is 20.0. The molecule has 3 amide bonds. The lowest BCUT2D eigenvalue weighted by atomic mass is 9.83. The number of nitrogens with one attached hydrogen (secondary N) is 2. The first-order chi connectivity index (χ1) is 18.3. The Bertz CT molecular complexity index is 1490. The predicted octanol–water partition coefficient (Wildman–Crippen LogP) is 2.14. The first-order valence-corrected chi connectivity index (χ1v) is 13.1. The molecule has 0 aliphatic carbocycles. The van der Waals surface area contributed by atoms with E-state index in [1.54, 1.807) is 42.5 Å². The second-order valence-corrected chi connectivity index (χ2v) is 10.7. The van der Waals surface area contributed by atoms with Crippen LogP contribution in [0.2, 0.25) is 0 Å². The Labute approximate surface area is 223 Å². The quantitative estimate of drug-likeness (QED) is 0.355. The molecule has 3 atom stereocenters. The Morgan fingerprint density at radius 3 is 2.55 bits per heavy atom. The van der Waals surface area contributed by atoms with Crippen molar-refractivity contribution in [2.75, 3.05) is 25.6 Å². The lowest BCUT2D eigenvalue weighted by Crippen LogP contribution is -2.36. The number of nitrogens with zero attached hydrogens (tertiary/aromatic N) is 1. The first-order valence-electron chi connectivity index (χ1n) is 11.4. The van der Waals surface area contributed by atoms with Crippen molar-refractivity contribution in [3.05, 3.63) is 68.6 Å². The number of thioether (sulfide) groups is 1. The summed E-state index contributed by atoms with van der Waals surface area (Å²) >= 11 is 2.00. The summed E-state index contributed by atoms with van der Waals surface area (Å²) in [6, 6.07) is 13.8. The number of rotatable bonds is 8. The van der Waals surface area contributed by atoms with Crippen LogP contribution in [0.25, 0.3) is 0 Å². The number of aromatic amines is 1. The molecule has 3 heterocycles. The Morgan fingerprint density at radius 1 is 1.08 bits per heavy atom. The number of fused-ring (bicyclic) bond motifs is 2. The van der Waals surface area contributed by atoms with Crippen molar-refractivity contribution in [2.24, 2.45) is 5.92 Å². The lowest BCUT2D eigenvalue weighted by molar-refractivity contribution is -0.149. The molecule has 1 aromatic heterocycles. The van der Waals surface area contributed by atoms with Crippen LogP contribution in [0.1, 0.15) is 16.4 Å². The topological polar surface area (TPSA) is 155 Å². The highest BCUT2D eigenvalue weighted by Crippen LogP contribution is 2.53. The minimum atomic E-state index is -1.30. The van der Waals surface area contributed by atoms with Gasteiger partial charge in [-0.1, -0.05) is 47.4 Å². The van der Waals surface area contributed by atoms with E-state index in [0.717, 1.165) is 28.0 Å². The molecule has 2 aliphatic rings. The smallest absolute Gasteiger partial charge is 0.323 e. The summed E-state index contributed by atoms with van der Waals surface area (Å²) in [5.41, 5.74) is 1.20. The Morgan fingerprint density at radius 2 is 1.84 bits per heavy atom. The van der Waals surface area contributed by atoms with Gasteiger partial charge in [-0.05, 0) is 29.8 Å². The zero-order valence-electron chi connectivity index (χ0n) is 19.8. The maximum absolute atomic E-state index is 13.3. The number of carbonyl (C=O) groups excluding carboxylic acids is 3. The summed E-state index contributed by atoms with van der Waals surface area (Å²) in [6.45, 7) is -1.01. The molecule has 2 aliphatic heterocycles. The number of carbonyl (C=O) groups is 4. The Balaban J connectivity index is 1.43. The van der Waals surface area contributed by atoms with E-state index in [-0.39, 0.29) is 28.9 Å². The number of ether oxygens (including phenoxy) is 2. The van der Waals surface area contributed by atoms with Crippen LogP contribution in [0.15, 0.2) is 58.4 Å². The van der Waals surface area contributed by atoms with Gasteiger partial charge in [-0.15, -0.1) is 0 Å². The fraction of sp³-hybridized carbons (Fsp3) is 0.240. The van der Waals surface area contributed by atoms with Gasteiger partial charge in [0.2, 0.25) is 11.8 Å². The number of likely N-dealkylation sites (tertiary alicyclic amines) is 1. The molecule has 0 spiro atoms. The number of benzene rings is 2. The average molecular weight is 556 g/mol. The summed E-state index contributed by atoms with van der Waals surface area (Å²) in [6.07, 6.45) is 0. The molecule has 0 radical (unpaired) electrons. The molecule has 11 nitrogen and oxygen atoms in total. The van der Waals surface area contributed by atoms with Crippen LogP contribution < -0.4 is 19.7 Å². The van der Waals surface area contributed by atoms with Gasteiger partial charge >= 0.3 is 10.8 Å². The van der Waals surface area contributed by atoms with E-state index in [9.17, 15) is 29.1 Å². The van der Waals surface area contributed by atoms with E-state index in [1.807, 2.05) is 6.07 Å². The van der Waals surface area contributed by atoms with Gasteiger partial charge in [-0.3, -0.25) is 28.9 Å². The molecule has 5 rings (SSSR count). The maximum Gasteiger partial charge on any atom is 0.323 e. The number of amides is 3. The fourth-order valence-corrected chi connectivity index (χ4v) is 7.12. The number of methoxy groups -OCH3 is 1. The predicted molar refractivity (Wildman–Crippen MR) is 138 cm³/mol. The van der Waals surface area contributed by atoms with Crippen LogP contribution in [0.3, 0.4) is 0 Å². The van der Waals surface area contributed by atoms with E-state index < -0.39 is 41.4 Å². The number of para-hydroxylation sites is 1. The average Bonchev–Trinajstić information content (AvgIpc) is 3.38. The fourth-order valence-electron chi connectivity index (χ4n) is 4.58. The van der Waals surface area contributed by atoms with E-state index in [4.69, 9.17) is 9.47 Å². The molecule has 0 saturated carbocycles. The number of H-pyrrole nitrogens is 1. The lowest BCUT2D eigenvalue weighted by Gasteiger charge is -2.30. The third kappa shape index (κ3) is 4.77. The molecule has 0 bridgehead atoms. The molecule has 3 aromatic rings. The third-order valence-corrected chi connectivity index (χ3v) is 8.57. The van der Waals surface area contributed by atoms with Crippen molar-refractivity contribution in [1.29, 1.82) is 0 Å². The number of hydrogen-bond donors (Lipinski definition) is 3. The molecular formula is C25H21N3O8S2. The number of anilines is 1.